The van der Waals surface area contributed by atoms with Crippen molar-refractivity contribution in [1.29, 1.82) is 0 Å². The first-order chi connectivity index (χ1) is 12.4. The number of carbonyl (C=O) groups excluding carboxylic acids is 1. The lowest BCUT2D eigenvalue weighted by molar-refractivity contribution is 0.0951. The van der Waals surface area contributed by atoms with Gasteiger partial charge in [0.05, 0.1) is 10.3 Å². The van der Waals surface area contributed by atoms with Crippen molar-refractivity contribution < 1.29 is 13.6 Å². The predicted molar refractivity (Wildman–Crippen MR) is 100 cm³/mol. The quantitative estimate of drug-likeness (QED) is 0.607. The third-order valence-electron chi connectivity index (χ3n) is 3.57. The van der Waals surface area contributed by atoms with Gasteiger partial charge in [-0.05, 0) is 45.8 Å². The lowest BCUT2D eigenvalue weighted by Gasteiger charge is -2.07. The topological polar surface area (TPSA) is 59.0 Å². The molecule has 0 aliphatic carbocycles. The molecule has 0 unspecified atom stereocenters. The van der Waals surface area contributed by atoms with Gasteiger partial charge in [0, 0.05) is 24.7 Å². The second-order valence-corrected chi connectivity index (χ2v) is 8.10. The minimum atomic E-state index is -0.942. The van der Waals surface area contributed by atoms with E-state index in [-0.39, 0.29) is 12.5 Å². The number of nitrogens with zero attached hydrogens (tertiary/aromatic N) is 2. The Morgan fingerprint density at radius 2 is 2.04 bits per heavy atom. The van der Waals surface area contributed by atoms with Gasteiger partial charge in [0.25, 0.3) is 5.91 Å². The number of anilines is 1. The molecule has 1 amide bonds. The molecule has 26 heavy (non-hydrogen) atoms. The van der Waals surface area contributed by atoms with E-state index in [4.69, 9.17) is 0 Å². The minimum absolute atomic E-state index is 0.0856. The average molecular weight is 441 g/mol. The van der Waals surface area contributed by atoms with Crippen molar-refractivity contribution in [2.24, 2.45) is 7.05 Å². The summed E-state index contributed by atoms with van der Waals surface area (Å²) in [6.45, 7) is 0.624. The van der Waals surface area contributed by atoms with Crippen LogP contribution < -0.4 is 10.6 Å². The highest BCUT2D eigenvalue weighted by Crippen LogP contribution is 2.23. The number of benzene rings is 1. The molecule has 0 radical (unpaired) electrons. The highest BCUT2D eigenvalue weighted by molar-refractivity contribution is 9.11. The summed E-state index contributed by atoms with van der Waals surface area (Å²) in [6, 6.07) is 7.46. The number of hydrogen-bond acceptors (Lipinski definition) is 4. The van der Waals surface area contributed by atoms with Crippen LogP contribution in [0, 0.1) is 11.6 Å². The second-order valence-electron chi connectivity index (χ2n) is 5.56. The fourth-order valence-electron chi connectivity index (χ4n) is 2.33. The van der Waals surface area contributed by atoms with E-state index in [0.29, 0.717) is 23.5 Å². The number of thiophene rings is 1. The number of carbonyl (C=O) groups is 1. The summed E-state index contributed by atoms with van der Waals surface area (Å²) in [5.74, 6) is -1.75. The summed E-state index contributed by atoms with van der Waals surface area (Å²) in [5.41, 5.74) is 0.852. The van der Waals surface area contributed by atoms with Gasteiger partial charge in [0.15, 0.2) is 17.5 Å². The van der Waals surface area contributed by atoms with Gasteiger partial charge in [0.1, 0.15) is 5.56 Å². The van der Waals surface area contributed by atoms with Crippen LogP contribution in [-0.4, -0.2) is 15.7 Å². The first-order valence-electron chi connectivity index (χ1n) is 7.66. The molecule has 1 aromatic carbocycles. The maximum absolute atomic E-state index is 13.2. The molecule has 136 valence electrons. The molecule has 2 aromatic heterocycles. The fourth-order valence-corrected chi connectivity index (χ4v) is 3.75. The summed E-state index contributed by atoms with van der Waals surface area (Å²) < 4.78 is 28.8. The average Bonchev–Trinajstić information content (AvgIpc) is 3.19. The van der Waals surface area contributed by atoms with E-state index in [1.165, 1.54) is 6.07 Å². The SMILES string of the molecule is Cn1cc(C(=O)NCc2ccc(F)c(F)c2)c(NCc2ccc(Br)s2)n1. The third-order valence-corrected chi connectivity index (χ3v) is 5.19. The number of aryl methyl sites for hydroxylation is 1. The highest BCUT2D eigenvalue weighted by atomic mass is 79.9. The van der Waals surface area contributed by atoms with E-state index in [9.17, 15) is 13.6 Å². The van der Waals surface area contributed by atoms with E-state index in [1.807, 2.05) is 12.1 Å². The zero-order valence-corrected chi connectivity index (χ0v) is 16.1. The Morgan fingerprint density at radius 3 is 2.73 bits per heavy atom. The standard InChI is InChI=1S/C17H15BrF2N4OS/c1-24-9-12(16(23-24)21-8-11-3-5-15(18)26-11)17(25)22-7-10-2-4-13(19)14(20)6-10/h2-6,9H,7-8H2,1H3,(H,21,23)(H,22,25). The molecule has 0 bridgehead atoms. The van der Waals surface area contributed by atoms with Crippen LogP contribution in [-0.2, 0) is 20.1 Å². The van der Waals surface area contributed by atoms with Crippen LogP contribution >= 0.6 is 27.3 Å². The van der Waals surface area contributed by atoms with Crippen LogP contribution in [0.15, 0.2) is 40.3 Å². The van der Waals surface area contributed by atoms with Gasteiger partial charge in [-0.1, -0.05) is 6.07 Å². The van der Waals surface area contributed by atoms with Gasteiger partial charge in [-0.25, -0.2) is 8.78 Å². The number of halogens is 3. The van der Waals surface area contributed by atoms with Gasteiger partial charge in [-0.3, -0.25) is 9.48 Å². The van der Waals surface area contributed by atoms with Crippen molar-refractivity contribution in [2.75, 3.05) is 5.32 Å². The molecule has 0 atom stereocenters. The van der Waals surface area contributed by atoms with Crippen molar-refractivity contribution in [1.82, 2.24) is 15.1 Å². The Hall–Kier alpha value is -2.26. The van der Waals surface area contributed by atoms with Gasteiger partial charge >= 0.3 is 0 Å². The van der Waals surface area contributed by atoms with E-state index in [1.54, 1.807) is 29.3 Å². The summed E-state index contributed by atoms with van der Waals surface area (Å²) in [5, 5.41) is 10.1. The maximum Gasteiger partial charge on any atom is 0.256 e. The lowest BCUT2D eigenvalue weighted by Crippen LogP contribution is -2.23. The van der Waals surface area contributed by atoms with Crippen molar-refractivity contribution in [3.63, 3.8) is 0 Å². The maximum atomic E-state index is 13.2. The van der Waals surface area contributed by atoms with Crippen LogP contribution in [0.2, 0.25) is 0 Å². The third kappa shape index (κ3) is 4.47. The number of rotatable bonds is 6. The van der Waals surface area contributed by atoms with Gasteiger partial charge in [-0.2, -0.15) is 5.10 Å². The van der Waals surface area contributed by atoms with Gasteiger partial charge < -0.3 is 10.6 Å². The van der Waals surface area contributed by atoms with E-state index < -0.39 is 11.6 Å². The molecule has 2 heterocycles. The Kier molecular flexibility index (Phi) is 5.67. The molecular formula is C17H15BrF2N4OS. The summed E-state index contributed by atoms with van der Waals surface area (Å²) in [7, 11) is 1.72. The smallest absolute Gasteiger partial charge is 0.256 e. The summed E-state index contributed by atoms with van der Waals surface area (Å²) >= 11 is 5.00. The predicted octanol–water partition coefficient (Wildman–Crippen LogP) is 4.06. The molecular weight excluding hydrogens is 426 g/mol. The van der Waals surface area contributed by atoms with Crippen LogP contribution in [0.1, 0.15) is 20.8 Å². The zero-order chi connectivity index (χ0) is 18.7. The van der Waals surface area contributed by atoms with Crippen molar-refractivity contribution >= 4 is 39.0 Å². The van der Waals surface area contributed by atoms with E-state index >= 15 is 0 Å². The Morgan fingerprint density at radius 1 is 1.23 bits per heavy atom. The zero-order valence-electron chi connectivity index (χ0n) is 13.7. The summed E-state index contributed by atoms with van der Waals surface area (Å²) in [4.78, 5) is 13.5. The molecule has 2 N–H and O–H groups in total. The molecule has 3 aromatic rings. The second kappa shape index (κ2) is 7.96. The Labute approximate surface area is 161 Å². The monoisotopic (exact) mass is 440 g/mol. The summed E-state index contributed by atoms with van der Waals surface area (Å²) in [6.07, 6.45) is 1.60. The van der Waals surface area contributed by atoms with Crippen LogP contribution in [0.4, 0.5) is 14.6 Å². The first kappa shape index (κ1) is 18.5. The largest absolute Gasteiger partial charge is 0.363 e. The number of hydrogen-bond donors (Lipinski definition) is 2. The van der Waals surface area contributed by atoms with Crippen molar-refractivity contribution in [3.05, 3.63) is 68.0 Å². The van der Waals surface area contributed by atoms with E-state index in [2.05, 4.69) is 31.7 Å². The number of amides is 1. The molecule has 0 fully saturated rings. The first-order valence-corrected chi connectivity index (χ1v) is 9.27. The van der Waals surface area contributed by atoms with Gasteiger partial charge in [0.2, 0.25) is 0 Å². The minimum Gasteiger partial charge on any atom is -0.363 e. The number of nitrogens with one attached hydrogen (secondary N) is 2. The molecule has 0 aliphatic rings. The van der Waals surface area contributed by atoms with Crippen LogP contribution in [0.5, 0.6) is 0 Å². The normalized spacial score (nSPS) is 10.8. The molecule has 3 rings (SSSR count). The Balaban J connectivity index is 1.65. The van der Waals surface area contributed by atoms with Crippen LogP contribution in [0.25, 0.3) is 0 Å². The Bertz CT molecular complexity index is 941. The molecule has 0 aliphatic heterocycles. The molecule has 0 saturated carbocycles. The lowest BCUT2D eigenvalue weighted by atomic mass is 10.2. The van der Waals surface area contributed by atoms with Crippen molar-refractivity contribution in [3.8, 4) is 0 Å². The molecule has 0 saturated heterocycles. The molecule has 9 heteroatoms. The highest BCUT2D eigenvalue weighted by Gasteiger charge is 2.16. The van der Waals surface area contributed by atoms with Gasteiger partial charge in [-0.15, -0.1) is 11.3 Å². The van der Waals surface area contributed by atoms with E-state index in [0.717, 1.165) is 20.8 Å². The number of aromatic nitrogens is 2. The molecule has 5 nitrogen and oxygen atoms in total. The van der Waals surface area contributed by atoms with Crippen molar-refractivity contribution in [2.45, 2.75) is 13.1 Å². The molecule has 0 spiro atoms. The fraction of sp³-hybridized carbons (Fsp3) is 0.176. The van der Waals surface area contributed by atoms with Crippen LogP contribution in [0.3, 0.4) is 0 Å².